The first-order valence-electron chi connectivity index (χ1n) is 11.3. The average molecular weight is 496 g/mol. The molecule has 190 valence electrons. The number of rotatable bonds is 12. The average Bonchev–Trinajstić information content (AvgIpc) is 2.91. The van der Waals surface area contributed by atoms with Gasteiger partial charge in [-0.05, 0) is 35.9 Å². The first-order chi connectivity index (χ1) is 17.4. The van der Waals surface area contributed by atoms with Gasteiger partial charge in [0.15, 0.2) is 0 Å². The topological polar surface area (TPSA) is 86.3 Å². The van der Waals surface area contributed by atoms with Crippen molar-refractivity contribution in [1.82, 2.24) is 5.32 Å². The number of hydrogen-bond donors (Lipinski definition) is 2. The Hall–Kier alpha value is -3.88. The van der Waals surface area contributed by atoms with E-state index in [1.807, 2.05) is 12.1 Å². The van der Waals surface area contributed by atoms with Crippen LogP contribution < -0.4 is 19.5 Å². The second-order valence-corrected chi connectivity index (χ2v) is 7.87. The molecule has 0 aliphatic heterocycles. The molecule has 2 N–H and O–H groups in total. The highest BCUT2D eigenvalue weighted by Gasteiger charge is 2.16. The van der Waals surface area contributed by atoms with Crippen LogP contribution in [0.3, 0.4) is 0 Å². The van der Waals surface area contributed by atoms with E-state index < -0.39 is 17.9 Å². The third-order valence-corrected chi connectivity index (χ3v) is 5.39. The smallest absolute Gasteiger partial charge is 0.338 e. The minimum absolute atomic E-state index is 0.0879. The van der Waals surface area contributed by atoms with E-state index in [-0.39, 0.29) is 17.7 Å². The van der Waals surface area contributed by atoms with Crippen LogP contribution in [0.15, 0.2) is 66.7 Å². The molecule has 0 heterocycles. The number of esters is 1. The number of ether oxygens (including phenoxy) is 4. The molecule has 36 heavy (non-hydrogen) atoms. The molecular formula is C28H30FNO6. The standard InChI is InChI=1S/C28H30FNO6/c1-33-23-13-10-20(27(15-23)34-2)16-30-17-21(31)18-36-22-11-8-19(9-12-22)14-25(28(32)35-3)24-6-4-5-7-26(24)29/h4-15,21,30-31H,16-18H2,1-3H3. The molecule has 3 aromatic carbocycles. The lowest BCUT2D eigenvalue weighted by Gasteiger charge is -2.15. The molecule has 0 aliphatic carbocycles. The zero-order valence-electron chi connectivity index (χ0n) is 20.5. The highest BCUT2D eigenvalue weighted by Crippen LogP contribution is 2.25. The maximum absolute atomic E-state index is 14.2. The molecule has 0 fully saturated rings. The lowest BCUT2D eigenvalue weighted by Crippen LogP contribution is -2.31. The van der Waals surface area contributed by atoms with Gasteiger partial charge in [-0.25, -0.2) is 9.18 Å². The van der Waals surface area contributed by atoms with E-state index in [9.17, 15) is 14.3 Å². The summed E-state index contributed by atoms with van der Waals surface area (Å²) in [5, 5.41) is 13.5. The van der Waals surface area contributed by atoms with Crippen molar-refractivity contribution in [2.24, 2.45) is 0 Å². The lowest BCUT2D eigenvalue weighted by molar-refractivity contribution is -0.133. The van der Waals surface area contributed by atoms with E-state index in [1.165, 1.54) is 19.2 Å². The molecule has 1 unspecified atom stereocenters. The summed E-state index contributed by atoms with van der Waals surface area (Å²) in [6, 6.07) is 18.5. The van der Waals surface area contributed by atoms with Crippen LogP contribution in [0.2, 0.25) is 0 Å². The first-order valence-corrected chi connectivity index (χ1v) is 11.3. The number of hydrogen-bond acceptors (Lipinski definition) is 7. The van der Waals surface area contributed by atoms with Gasteiger partial charge in [0.1, 0.15) is 35.8 Å². The molecule has 0 amide bonds. The van der Waals surface area contributed by atoms with Crippen LogP contribution in [0.25, 0.3) is 11.6 Å². The quantitative estimate of drug-likeness (QED) is 0.222. The Morgan fingerprint density at radius 3 is 2.39 bits per heavy atom. The lowest BCUT2D eigenvalue weighted by atomic mass is 10.0. The molecule has 0 saturated heterocycles. The SMILES string of the molecule is COC(=O)C(=Cc1ccc(OCC(O)CNCc2ccc(OC)cc2OC)cc1)c1ccccc1F. The molecule has 0 bridgehead atoms. The van der Waals surface area contributed by atoms with Gasteiger partial charge in [-0.3, -0.25) is 0 Å². The molecule has 1 atom stereocenters. The van der Waals surface area contributed by atoms with Gasteiger partial charge >= 0.3 is 5.97 Å². The van der Waals surface area contributed by atoms with Crippen molar-refractivity contribution >= 4 is 17.6 Å². The Morgan fingerprint density at radius 2 is 1.72 bits per heavy atom. The van der Waals surface area contributed by atoms with Crippen molar-refractivity contribution in [2.75, 3.05) is 34.5 Å². The number of benzene rings is 3. The van der Waals surface area contributed by atoms with Crippen molar-refractivity contribution < 1.29 is 33.2 Å². The summed E-state index contributed by atoms with van der Waals surface area (Å²) in [7, 11) is 4.44. The van der Waals surface area contributed by atoms with Gasteiger partial charge in [0.05, 0.1) is 26.9 Å². The van der Waals surface area contributed by atoms with E-state index in [1.54, 1.807) is 62.8 Å². The largest absolute Gasteiger partial charge is 0.497 e. The number of methoxy groups -OCH3 is 3. The number of aliphatic hydroxyl groups is 1. The van der Waals surface area contributed by atoms with Gasteiger partial charge in [0, 0.05) is 30.3 Å². The van der Waals surface area contributed by atoms with Gasteiger partial charge in [0.2, 0.25) is 0 Å². The van der Waals surface area contributed by atoms with Crippen molar-refractivity contribution in [2.45, 2.75) is 12.6 Å². The van der Waals surface area contributed by atoms with Crippen LogP contribution in [0.4, 0.5) is 4.39 Å². The van der Waals surface area contributed by atoms with E-state index in [2.05, 4.69) is 5.32 Å². The van der Waals surface area contributed by atoms with Crippen LogP contribution >= 0.6 is 0 Å². The third-order valence-electron chi connectivity index (χ3n) is 5.39. The van der Waals surface area contributed by atoms with Crippen molar-refractivity contribution in [3.8, 4) is 17.2 Å². The van der Waals surface area contributed by atoms with Gasteiger partial charge in [-0.1, -0.05) is 36.4 Å². The normalized spacial score (nSPS) is 12.1. The molecule has 3 rings (SSSR count). The Morgan fingerprint density at radius 1 is 1.00 bits per heavy atom. The molecule has 0 radical (unpaired) electrons. The summed E-state index contributed by atoms with van der Waals surface area (Å²) in [5.41, 5.74) is 1.88. The Balaban J connectivity index is 1.54. The van der Waals surface area contributed by atoms with Gasteiger partial charge in [-0.2, -0.15) is 0 Å². The predicted molar refractivity (Wildman–Crippen MR) is 135 cm³/mol. The highest BCUT2D eigenvalue weighted by atomic mass is 19.1. The van der Waals surface area contributed by atoms with E-state index in [4.69, 9.17) is 18.9 Å². The highest BCUT2D eigenvalue weighted by molar-refractivity contribution is 6.21. The molecular weight excluding hydrogens is 465 g/mol. The summed E-state index contributed by atoms with van der Waals surface area (Å²) >= 11 is 0. The second kappa shape index (κ2) is 13.3. The van der Waals surface area contributed by atoms with Crippen molar-refractivity contribution in [3.05, 3.63) is 89.2 Å². The molecule has 0 spiro atoms. The molecule has 0 aliphatic rings. The number of halogens is 1. The van der Waals surface area contributed by atoms with Crippen LogP contribution in [0, 0.1) is 5.82 Å². The number of aliphatic hydroxyl groups excluding tert-OH is 1. The Kier molecular flexibility index (Phi) is 9.85. The molecule has 8 heteroatoms. The minimum atomic E-state index is -0.735. The molecule has 0 aromatic heterocycles. The van der Waals surface area contributed by atoms with Crippen LogP contribution in [0.5, 0.6) is 17.2 Å². The molecule has 7 nitrogen and oxygen atoms in total. The summed E-state index contributed by atoms with van der Waals surface area (Å²) in [5.74, 6) is 0.811. The summed E-state index contributed by atoms with van der Waals surface area (Å²) in [4.78, 5) is 12.2. The zero-order chi connectivity index (χ0) is 25.9. The number of carbonyl (C=O) groups excluding carboxylic acids is 1. The number of nitrogens with one attached hydrogen (secondary N) is 1. The second-order valence-electron chi connectivity index (χ2n) is 7.87. The van der Waals surface area contributed by atoms with Crippen molar-refractivity contribution in [1.29, 1.82) is 0 Å². The summed E-state index contributed by atoms with van der Waals surface area (Å²) < 4.78 is 35.3. The van der Waals surface area contributed by atoms with Crippen molar-refractivity contribution in [3.63, 3.8) is 0 Å². The Bertz CT molecular complexity index is 1180. The predicted octanol–water partition coefficient (Wildman–Crippen LogP) is 4.09. The van der Waals surface area contributed by atoms with Gasteiger partial charge in [0.25, 0.3) is 0 Å². The number of carbonyl (C=O) groups is 1. The fraction of sp³-hybridized carbons (Fsp3) is 0.250. The molecule has 3 aromatic rings. The third kappa shape index (κ3) is 7.31. The zero-order valence-corrected chi connectivity index (χ0v) is 20.5. The molecule has 0 saturated carbocycles. The monoisotopic (exact) mass is 495 g/mol. The fourth-order valence-electron chi connectivity index (χ4n) is 3.49. The summed E-state index contributed by atoms with van der Waals surface area (Å²) in [6.45, 7) is 0.918. The van der Waals surface area contributed by atoms with Gasteiger partial charge < -0.3 is 29.4 Å². The van der Waals surface area contributed by atoms with Crippen LogP contribution in [0.1, 0.15) is 16.7 Å². The van der Waals surface area contributed by atoms with Crippen LogP contribution in [-0.4, -0.2) is 51.7 Å². The van der Waals surface area contributed by atoms with E-state index in [0.717, 1.165) is 5.56 Å². The van der Waals surface area contributed by atoms with E-state index in [0.29, 0.717) is 35.9 Å². The van der Waals surface area contributed by atoms with Gasteiger partial charge in [-0.15, -0.1) is 0 Å². The Labute approximate surface area is 210 Å². The fourth-order valence-corrected chi connectivity index (χ4v) is 3.49. The minimum Gasteiger partial charge on any atom is -0.497 e. The first kappa shape index (κ1) is 26.7. The maximum atomic E-state index is 14.2. The summed E-state index contributed by atoms with van der Waals surface area (Å²) in [6.07, 6.45) is 0.820. The van der Waals surface area contributed by atoms with E-state index >= 15 is 0 Å². The maximum Gasteiger partial charge on any atom is 0.338 e. The van der Waals surface area contributed by atoms with Crippen LogP contribution in [-0.2, 0) is 16.1 Å².